The highest BCUT2D eigenvalue weighted by atomic mass is 32.2. The molecule has 2 aliphatic heterocycles. The van der Waals surface area contributed by atoms with E-state index in [2.05, 4.69) is 6.07 Å². The van der Waals surface area contributed by atoms with E-state index in [0.29, 0.717) is 24.0 Å². The molecule has 0 aromatic heterocycles. The molecule has 100 valence electrons. The number of rotatable bonds is 1. The van der Waals surface area contributed by atoms with Gasteiger partial charge in [-0.05, 0) is 31.7 Å². The number of benzene rings is 1. The number of nitriles is 1. The maximum absolute atomic E-state index is 12.1. The van der Waals surface area contributed by atoms with Crippen molar-refractivity contribution < 1.29 is 13.5 Å². The van der Waals surface area contributed by atoms with Gasteiger partial charge in [0.2, 0.25) is 0 Å². The van der Waals surface area contributed by atoms with E-state index in [0.717, 1.165) is 0 Å². The van der Waals surface area contributed by atoms with Gasteiger partial charge >= 0.3 is 0 Å². The second-order valence-corrected chi connectivity index (χ2v) is 8.02. The summed E-state index contributed by atoms with van der Waals surface area (Å²) in [5.74, 6) is 0. The molecule has 1 aromatic carbocycles. The SMILES string of the molecule is N#Cc1ccccc1C1(O)CC2CCC(C1)S2(=O)=O. The van der Waals surface area contributed by atoms with Crippen LogP contribution in [0.4, 0.5) is 0 Å². The van der Waals surface area contributed by atoms with Crippen LogP contribution in [0.25, 0.3) is 0 Å². The number of hydrogen-bond donors (Lipinski definition) is 1. The van der Waals surface area contributed by atoms with Crippen molar-refractivity contribution >= 4 is 9.84 Å². The average Bonchev–Trinajstić information content (AvgIpc) is 2.57. The molecule has 0 spiro atoms. The summed E-state index contributed by atoms with van der Waals surface area (Å²) in [6.45, 7) is 0. The molecule has 0 radical (unpaired) electrons. The van der Waals surface area contributed by atoms with Gasteiger partial charge in [-0.25, -0.2) is 8.42 Å². The van der Waals surface area contributed by atoms with Gasteiger partial charge in [-0.2, -0.15) is 5.26 Å². The van der Waals surface area contributed by atoms with E-state index in [9.17, 15) is 13.5 Å². The Bertz CT molecular complexity index is 640. The Balaban J connectivity index is 2.05. The predicted molar refractivity (Wildman–Crippen MR) is 70.0 cm³/mol. The molecule has 1 aromatic rings. The summed E-state index contributed by atoms with van der Waals surface area (Å²) in [5, 5.41) is 19.1. The van der Waals surface area contributed by atoms with E-state index in [1.165, 1.54) is 0 Å². The highest BCUT2D eigenvalue weighted by Crippen LogP contribution is 2.48. The molecule has 2 unspecified atom stereocenters. The van der Waals surface area contributed by atoms with Crippen LogP contribution in [0.5, 0.6) is 0 Å². The van der Waals surface area contributed by atoms with Crippen LogP contribution in [0.2, 0.25) is 0 Å². The van der Waals surface area contributed by atoms with Crippen molar-refractivity contribution in [2.75, 3.05) is 0 Å². The van der Waals surface area contributed by atoms with Crippen molar-refractivity contribution in [1.29, 1.82) is 5.26 Å². The van der Waals surface area contributed by atoms with Crippen molar-refractivity contribution in [2.24, 2.45) is 0 Å². The summed E-state index contributed by atoms with van der Waals surface area (Å²) in [6, 6.07) is 9.00. The van der Waals surface area contributed by atoms with Crippen LogP contribution in [-0.2, 0) is 15.4 Å². The van der Waals surface area contributed by atoms with Gasteiger partial charge in [-0.1, -0.05) is 18.2 Å². The first-order valence-corrected chi connectivity index (χ1v) is 8.03. The smallest absolute Gasteiger partial charge is 0.156 e. The minimum atomic E-state index is -3.07. The molecule has 2 bridgehead atoms. The van der Waals surface area contributed by atoms with E-state index in [1.54, 1.807) is 24.3 Å². The first kappa shape index (κ1) is 12.6. The summed E-state index contributed by atoms with van der Waals surface area (Å²) in [4.78, 5) is 0. The highest BCUT2D eigenvalue weighted by Gasteiger charge is 2.53. The van der Waals surface area contributed by atoms with Crippen LogP contribution in [-0.4, -0.2) is 24.0 Å². The van der Waals surface area contributed by atoms with Gasteiger partial charge in [0.1, 0.15) is 0 Å². The van der Waals surface area contributed by atoms with Crippen molar-refractivity contribution in [1.82, 2.24) is 0 Å². The maximum atomic E-state index is 12.1. The lowest BCUT2D eigenvalue weighted by Crippen LogP contribution is -2.43. The maximum Gasteiger partial charge on any atom is 0.156 e. The Morgan fingerprint density at radius 1 is 1.21 bits per heavy atom. The monoisotopic (exact) mass is 277 g/mol. The van der Waals surface area contributed by atoms with Crippen LogP contribution >= 0.6 is 0 Å². The van der Waals surface area contributed by atoms with E-state index < -0.39 is 25.9 Å². The molecule has 19 heavy (non-hydrogen) atoms. The third kappa shape index (κ3) is 1.78. The van der Waals surface area contributed by atoms with E-state index in [1.807, 2.05) is 0 Å². The second kappa shape index (κ2) is 4.06. The highest BCUT2D eigenvalue weighted by molar-refractivity contribution is 7.93. The molecule has 4 nitrogen and oxygen atoms in total. The normalized spacial score (nSPS) is 35.8. The molecule has 0 aliphatic carbocycles. The third-order valence-corrected chi connectivity index (χ3v) is 7.08. The van der Waals surface area contributed by atoms with Gasteiger partial charge < -0.3 is 5.11 Å². The molecule has 2 aliphatic rings. The van der Waals surface area contributed by atoms with Gasteiger partial charge in [0.05, 0.1) is 27.7 Å². The number of aliphatic hydroxyl groups is 1. The Kier molecular flexibility index (Phi) is 2.70. The van der Waals surface area contributed by atoms with Crippen molar-refractivity contribution in [3.8, 4) is 6.07 Å². The van der Waals surface area contributed by atoms with Crippen LogP contribution in [0, 0.1) is 11.3 Å². The molecule has 2 fully saturated rings. The molecule has 2 heterocycles. The quantitative estimate of drug-likeness (QED) is 0.843. The number of hydrogen-bond acceptors (Lipinski definition) is 4. The van der Waals surface area contributed by atoms with Crippen LogP contribution in [0.15, 0.2) is 24.3 Å². The summed E-state index contributed by atoms with van der Waals surface area (Å²) in [5.41, 5.74) is -0.170. The van der Waals surface area contributed by atoms with E-state index >= 15 is 0 Å². The van der Waals surface area contributed by atoms with Gasteiger partial charge in [0, 0.05) is 5.56 Å². The summed E-state index contributed by atoms with van der Waals surface area (Å²) in [6.07, 6.45) is 1.68. The molecule has 2 saturated heterocycles. The Morgan fingerprint density at radius 3 is 2.37 bits per heavy atom. The lowest BCUT2D eigenvalue weighted by molar-refractivity contribution is 0.0171. The summed E-state index contributed by atoms with van der Waals surface area (Å²) < 4.78 is 24.1. The summed E-state index contributed by atoms with van der Waals surface area (Å²) >= 11 is 0. The standard InChI is InChI=1S/C14H15NO3S/c15-9-10-3-1-2-4-13(10)14(16)7-11-5-6-12(8-14)19(11,17)18/h1-4,11-12,16H,5-8H2. The first-order chi connectivity index (χ1) is 8.97. The molecular weight excluding hydrogens is 262 g/mol. The molecule has 0 amide bonds. The third-order valence-electron chi connectivity index (χ3n) is 4.42. The predicted octanol–water partition coefficient (Wildman–Crippen LogP) is 1.49. The molecule has 1 N–H and O–H groups in total. The first-order valence-electron chi connectivity index (χ1n) is 6.42. The fraction of sp³-hybridized carbons (Fsp3) is 0.500. The van der Waals surface area contributed by atoms with Gasteiger partial charge in [0.15, 0.2) is 9.84 Å². The van der Waals surface area contributed by atoms with Crippen molar-refractivity contribution in [2.45, 2.75) is 41.8 Å². The average molecular weight is 277 g/mol. The molecule has 2 atom stereocenters. The largest absolute Gasteiger partial charge is 0.385 e. The van der Waals surface area contributed by atoms with Gasteiger partial charge in [-0.3, -0.25) is 0 Å². The summed E-state index contributed by atoms with van der Waals surface area (Å²) in [7, 11) is -3.07. The zero-order valence-electron chi connectivity index (χ0n) is 10.4. The molecule has 0 saturated carbocycles. The van der Waals surface area contributed by atoms with Gasteiger partial charge in [-0.15, -0.1) is 0 Å². The number of fused-ring (bicyclic) bond motifs is 2. The van der Waals surface area contributed by atoms with Crippen LogP contribution in [0.3, 0.4) is 0 Å². The second-order valence-electron chi connectivity index (χ2n) is 5.51. The minimum Gasteiger partial charge on any atom is -0.385 e. The van der Waals surface area contributed by atoms with E-state index in [4.69, 9.17) is 5.26 Å². The zero-order chi connectivity index (χ0) is 13.7. The fourth-order valence-electron chi connectivity index (χ4n) is 3.45. The fourth-order valence-corrected chi connectivity index (χ4v) is 5.94. The minimum absolute atomic E-state index is 0.213. The lowest BCUT2D eigenvalue weighted by Gasteiger charge is -2.37. The Morgan fingerprint density at radius 2 is 1.79 bits per heavy atom. The Labute approximate surface area is 112 Å². The lowest BCUT2D eigenvalue weighted by atomic mass is 9.83. The number of nitrogens with zero attached hydrogens (tertiary/aromatic N) is 1. The van der Waals surface area contributed by atoms with E-state index in [-0.39, 0.29) is 12.8 Å². The number of sulfone groups is 1. The Hall–Kier alpha value is -1.38. The van der Waals surface area contributed by atoms with Crippen molar-refractivity contribution in [3.63, 3.8) is 0 Å². The molecule has 5 heteroatoms. The van der Waals surface area contributed by atoms with Crippen LogP contribution in [0.1, 0.15) is 36.8 Å². The van der Waals surface area contributed by atoms with Crippen LogP contribution < -0.4 is 0 Å². The molecule has 3 rings (SSSR count). The topological polar surface area (TPSA) is 78.2 Å². The zero-order valence-corrected chi connectivity index (χ0v) is 11.2. The molecular formula is C14H15NO3S. The van der Waals surface area contributed by atoms with Gasteiger partial charge in [0.25, 0.3) is 0 Å². The van der Waals surface area contributed by atoms with Crippen molar-refractivity contribution in [3.05, 3.63) is 35.4 Å².